The minimum atomic E-state index is -0.562. The molecule has 1 aliphatic carbocycles. The van der Waals surface area contributed by atoms with Crippen LogP contribution in [0, 0.1) is 6.92 Å². The number of amides is 1. The molecule has 7 nitrogen and oxygen atoms in total. The molecule has 2 aliphatic rings. The zero-order valence-corrected chi connectivity index (χ0v) is 22.7. The molecule has 3 aromatic rings. The number of carbonyl (C=O) groups excluding carboxylic acids is 1. The van der Waals surface area contributed by atoms with Gasteiger partial charge in [0.2, 0.25) is 0 Å². The highest BCUT2D eigenvalue weighted by molar-refractivity contribution is 5.98. The molecular weight excluding hydrogens is 474 g/mol. The third-order valence-electron chi connectivity index (χ3n) is 7.34. The van der Waals surface area contributed by atoms with Gasteiger partial charge in [-0.15, -0.1) is 0 Å². The van der Waals surface area contributed by atoms with E-state index in [1.165, 1.54) is 42.4 Å². The average Bonchev–Trinajstić information content (AvgIpc) is 3.44. The number of primary amides is 1. The molecule has 7 heteroatoms. The summed E-state index contributed by atoms with van der Waals surface area (Å²) >= 11 is 0. The summed E-state index contributed by atoms with van der Waals surface area (Å²) in [5, 5.41) is 0. The number of carbonyl (C=O) groups is 1. The van der Waals surface area contributed by atoms with Gasteiger partial charge in [-0.25, -0.2) is 4.98 Å². The fourth-order valence-corrected chi connectivity index (χ4v) is 4.97. The van der Waals surface area contributed by atoms with Crippen molar-refractivity contribution in [1.82, 2.24) is 14.8 Å². The summed E-state index contributed by atoms with van der Waals surface area (Å²) in [5.41, 5.74) is 17.0. The van der Waals surface area contributed by atoms with Gasteiger partial charge in [-0.05, 0) is 49.6 Å². The van der Waals surface area contributed by atoms with Gasteiger partial charge in [-0.3, -0.25) is 9.69 Å². The molecule has 0 bridgehead atoms. The maximum Gasteiger partial charge on any atom is 0.252 e. The number of likely N-dealkylation sites (N-methyl/N-ethyl adjacent to an activating group) is 1. The standard InChI is InChI=1S/C18H23N5O.C13H18O/c1-22-6-8-23(9-7-22)12-13-2-4-14(5-3-13)15-10-16(18(20)24)17(19)21-11-15;1-11-5-4-6-12(9-11)10-14-13-7-2-3-8-13/h2-5,10-11H,6-9,12H2,1H3,(H2,19,21)(H2,20,24);4-6,9,13H,2-3,7-8,10H2,1H3. The van der Waals surface area contributed by atoms with E-state index in [9.17, 15) is 4.79 Å². The lowest BCUT2D eigenvalue weighted by Crippen LogP contribution is -2.43. The number of nitrogen functional groups attached to an aromatic ring is 1. The van der Waals surface area contributed by atoms with Gasteiger partial charge in [0.25, 0.3) is 5.91 Å². The van der Waals surface area contributed by atoms with E-state index in [2.05, 4.69) is 65.2 Å². The Hall–Kier alpha value is -3.26. The lowest BCUT2D eigenvalue weighted by atomic mass is 10.0. The largest absolute Gasteiger partial charge is 0.383 e. The Kier molecular flexibility index (Phi) is 9.87. The monoisotopic (exact) mass is 515 g/mol. The second-order valence-electron chi connectivity index (χ2n) is 10.5. The Morgan fingerprint density at radius 2 is 1.68 bits per heavy atom. The highest BCUT2D eigenvalue weighted by Crippen LogP contribution is 2.23. The van der Waals surface area contributed by atoms with Crippen LogP contribution in [0.1, 0.15) is 52.7 Å². The maximum atomic E-state index is 11.4. The van der Waals surface area contributed by atoms with Gasteiger partial charge in [0.15, 0.2) is 0 Å². The molecule has 1 amide bonds. The molecule has 1 aliphatic heterocycles. The van der Waals surface area contributed by atoms with Crippen LogP contribution in [0.15, 0.2) is 60.8 Å². The summed E-state index contributed by atoms with van der Waals surface area (Å²) in [6.45, 7) is 8.30. The third kappa shape index (κ3) is 8.12. The quantitative estimate of drug-likeness (QED) is 0.476. The molecule has 2 fully saturated rings. The van der Waals surface area contributed by atoms with Crippen molar-refractivity contribution in [2.24, 2.45) is 5.73 Å². The average molecular weight is 516 g/mol. The number of aryl methyl sites for hydroxylation is 1. The van der Waals surface area contributed by atoms with Crippen LogP contribution in [0.25, 0.3) is 11.1 Å². The first-order valence-corrected chi connectivity index (χ1v) is 13.6. The van der Waals surface area contributed by atoms with Gasteiger partial charge < -0.3 is 21.1 Å². The number of aromatic nitrogens is 1. The van der Waals surface area contributed by atoms with Crippen LogP contribution < -0.4 is 11.5 Å². The summed E-state index contributed by atoms with van der Waals surface area (Å²) < 4.78 is 5.84. The van der Waals surface area contributed by atoms with Gasteiger partial charge in [0, 0.05) is 44.5 Å². The molecule has 1 saturated carbocycles. The maximum absolute atomic E-state index is 11.4. The van der Waals surface area contributed by atoms with Crippen molar-refractivity contribution < 1.29 is 9.53 Å². The first kappa shape index (κ1) is 27.8. The van der Waals surface area contributed by atoms with Crippen molar-refractivity contribution in [3.05, 3.63) is 83.0 Å². The number of pyridine rings is 1. The fourth-order valence-electron chi connectivity index (χ4n) is 4.97. The SMILES string of the molecule is CN1CCN(Cc2ccc(-c3cnc(N)c(C(N)=O)c3)cc2)CC1.Cc1cccc(COC2CCCC2)c1. The number of nitrogens with zero attached hydrogens (tertiary/aromatic N) is 3. The Bertz CT molecular complexity index is 1180. The Labute approximate surface area is 226 Å². The third-order valence-corrected chi connectivity index (χ3v) is 7.34. The van der Waals surface area contributed by atoms with Crippen LogP contribution in [0.4, 0.5) is 5.82 Å². The minimum Gasteiger partial charge on any atom is -0.383 e. The summed E-state index contributed by atoms with van der Waals surface area (Å²) in [6, 6.07) is 18.6. The number of piperazine rings is 1. The van der Waals surface area contributed by atoms with E-state index in [1.807, 2.05) is 12.1 Å². The van der Waals surface area contributed by atoms with Crippen molar-refractivity contribution >= 4 is 11.7 Å². The molecular formula is C31H41N5O2. The normalized spacial score (nSPS) is 16.7. The molecule has 202 valence electrons. The first-order valence-electron chi connectivity index (χ1n) is 13.6. The first-order chi connectivity index (χ1) is 18.4. The summed E-state index contributed by atoms with van der Waals surface area (Å²) in [5.74, 6) is -0.397. The van der Waals surface area contributed by atoms with E-state index >= 15 is 0 Å². The second kappa shape index (κ2) is 13.5. The van der Waals surface area contributed by atoms with Crippen molar-refractivity contribution in [2.75, 3.05) is 39.0 Å². The van der Waals surface area contributed by atoms with Crippen molar-refractivity contribution in [3.63, 3.8) is 0 Å². The highest BCUT2D eigenvalue weighted by Gasteiger charge is 2.15. The van der Waals surface area contributed by atoms with E-state index in [0.717, 1.165) is 50.5 Å². The van der Waals surface area contributed by atoms with Gasteiger partial charge in [-0.2, -0.15) is 0 Å². The van der Waals surface area contributed by atoms with Gasteiger partial charge in [0.1, 0.15) is 5.82 Å². The molecule has 2 heterocycles. The lowest BCUT2D eigenvalue weighted by Gasteiger charge is -2.32. The zero-order chi connectivity index (χ0) is 26.9. The summed E-state index contributed by atoms with van der Waals surface area (Å²) in [4.78, 5) is 20.3. The lowest BCUT2D eigenvalue weighted by molar-refractivity contribution is 0.0457. The Morgan fingerprint density at radius 1 is 0.974 bits per heavy atom. The van der Waals surface area contributed by atoms with Gasteiger partial charge in [0.05, 0.1) is 18.3 Å². The number of hydrogen-bond donors (Lipinski definition) is 2. The summed E-state index contributed by atoms with van der Waals surface area (Å²) in [6.07, 6.45) is 7.39. The molecule has 0 unspecified atom stereocenters. The van der Waals surface area contributed by atoms with Crippen molar-refractivity contribution in [1.29, 1.82) is 0 Å². The topological polar surface area (TPSA) is 97.7 Å². The minimum absolute atomic E-state index is 0.165. The number of ether oxygens (including phenoxy) is 1. The molecule has 0 radical (unpaired) electrons. The number of benzene rings is 2. The summed E-state index contributed by atoms with van der Waals surface area (Å²) in [7, 11) is 2.16. The zero-order valence-electron chi connectivity index (χ0n) is 22.7. The molecule has 0 atom stereocenters. The number of hydrogen-bond acceptors (Lipinski definition) is 6. The molecule has 0 spiro atoms. The Balaban J connectivity index is 0.000000204. The van der Waals surface area contributed by atoms with Crippen molar-refractivity contribution in [2.45, 2.75) is 51.9 Å². The second-order valence-corrected chi connectivity index (χ2v) is 10.5. The van der Waals surface area contributed by atoms with E-state index in [0.29, 0.717) is 6.10 Å². The smallest absolute Gasteiger partial charge is 0.252 e. The van der Waals surface area contributed by atoms with Crippen LogP contribution in [0.5, 0.6) is 0 Å². The molecule has 2 aromatic carbocycles. The van der Waals surface area contributed by atoms with E-state index in [-0.39, 0.29) is 11.4 Å². The van der Waals surface area contributed by atoms with Crippen LogP contribution in [0.2, 0.25) is 0 Å². The number of anilines is 1. The predicted molar refractivity (Wildman–Crippen MR) is 154 cm³/mol. The van der Waals surface area contributed by atoms with E-state index in [1.54, 1.807) is 12.3 Å². The number of nitrogens with two attached hydrogens (primary N) is 2. The van der Waals surface area contributed by atoms with Crippen LogP contribution in [-0.2, 0) is 17.9 Å². The van der Waals surface area contributed by atoms with Crippen LogP contribution in [0.3, 0.4) is 0 Å². The van der Waals surface area contributed by atoms with Crippen LogP contribution >= 0.6 is 0 Å². The van der Waals surface area contributed by atoms with Crippen LogP contribution in [-0.4, -0.2) is 60.0 Å². The number of rotatable bonds is 7. The molecule has 38 heavy (non-hydrogen) atoms. The van der Waals surface area contributed by atoms with E-state index in [4.69, 9.17) is 16.2 Å². The molecule has 1 aromatic heterocycles. The Morgan fingerprint density at radius 3 is 2.34 bits per heavy atom. The van der Waals surface area contributed by atoms with Crippen molar-refractivity contribution in [3.8, 4) is 11.1 Å². The predicted octanol–water partition coefficient (Wildman–Crippen LogP) is 4.63. The van der Waals surface area contributed by atoms with Gasteiger partial charge >= 0.3 is 0 Å². The van der Waals surface area contributed by atoms with Gasteiger partial charge in [-0.1, -0.05) is 66.9 Å². The molecule has 5 rings (SSSR count). The fraction of sp³-hybridized carbons (Fsp3) is 0.419. The van der Waals surface area contributed by atoms with E-state index < -0.39 is 5.91 Å². The molecule has 4 N–H and O–H groups in total. The molecule has 1 saturated heterocycles. The highest BCUT2D eigenvalue weighted by atomic mass is 16.5.